The molecule has 2 rings (SSSR count). The largest absolute Gasteiger partial charge is 0.462 e. The summed E-state index contributed by atoms with van der Waals surface area (Å²) in [6, 6.07) is 11.2. The molecular weight excluding hydrogens is 368 g/mol. The number of hydrogen-bond acceptors (Lipinski definition) is 5. The zero-order valence-corrected chi connectivity index (χ0v) is 16.5. The zero-order chi connectivity index (χ0) is 20.2. The third-order valence-electron chi connectivity index (χ3n) is 4.07. The lowest BCUT2D eigenvalue weighted by atomic mass is 10.1. The van der Waals surface area contributed by atoms with Gasteiger partial charge in [0, 0.05) is 18.3 Å². The van der Waals surface area contributed by atoms with Gasteiger partial charge in [0.2, 0.25) is 10.0 Å². The average molecular weight is 390 g/mol. The Kier molecular flexibility index (Phi) is 6.22. The van der Waals surface area contributed by atoms with Crippen LogP contribution in [0, 0.1) is 6.92 Å². The van der Waals surface area contributed by atoms with Crippen LogP contribution in [0.25, 0.3) is 0 Å². The number of rotatable bonds is 6. The van der Waals surface area contributed by atoms with Gasteiger partial charge in [0.15, 0.2) is 0 Å². The molecule has 7 nitrogen and oxygen atoms in total. The second kappa shape index (κ2) is 8.22. The third-order valence-corrected chi connectivity index (χ3v) is 5.27. The highest BCUT2D eigenvalue weighted by Crippen LogP contribution is 2.22. The standard InChI is InChI=1S/C19H22N2O5S/c1-5-26-19(23)16-7-6-8-17(13(16)2)20-18(22)14-9-11-15(12-10-14)21(3)27(4,24)25/h6-12H,5H2,1-4H3,(H,20,22). The average Bonchev–Trinajstić information content (AvgIpc) is 2.62. The summed E-state index contributed by atoms with van der Waals surface area (Å²) in [5, 5.41) is 2.76. The van der Waals surface area contributed by atoms with Crippen molar-refractivity contribution in [3.05, 3.63) is 59.2 Å². The molecule has 0 aliphatic heterocycles. The monoisotopic (exact) mass is 390 g/mol. The van der Waals surface area contributed by atoms with E-state index in [1.54, 1.807) is 44.2 Å². The van der Waals surface area contributed by atoms with Crippen molar-refractivity contribution in [2.75, 3.05) is 29.5 Å². The Labute approximate surface area is 159 Å². The molecule has 0 saturated heterocycles. The van der Waals surface area contributed by atoms with E-state index in [-0.39, 0.29) is 12.5 Å². The number of ether oxygens (including phenoxy) is 1. The number of nitrogens with one attached hydrogen (secondary N) is 1. The van der Waals surface area contributed by atoms with Crippen molar-refractivity contribution in [3.63, 3.8) is 0 Å². The summed E-state index contributed by atoms with van der Waals surface area (Å²) in [6.07, 6.45) is 1.10. The van der Waals surface area contributed by atoms with Gasteiger partial charge in [0.25, 0.3) is 5.91 Å². The smallest absolute Gasteiger partial charge is 0.338 e. The topological polar surface area (TPSA) is 92.8 Å². The number of hydrogen-bond donors (Lipinski definition) is 1. The maximum Gasteiger partial charge on any atom is 0.338 e. The van der Waals surface area contributed by atoms with Gasteiger partial charge in [0.1, 0.15) is 0 Å². The third kappa shape index (κ3) is 4.85. The van der Waals surface area contributed by atoms with E-state index in [1.165, 1.54) is 19.2 Å². The van der Waals surface area contributed by atoms with Crippen LogP contribution in [0.3, 0.4) is 0 Å². The molecule has 0 atom stereocenters. The number of carbonyl (C=O) groups excluding carboxylic acids is 2. The molecule has 0 aliphatic rings. The number of nitrogens with zero attached hydrogens (tertiary/aromatic N) is 1. The van der Waals surface area contributed by atoms with Gasteiger partial charge in [0.05, 0.1) is 24.1 Å². The molecule has 8 heteroatoms. The molecule has 0 radical (unpaired) electrons. The Morgan fingerprint density at radius 1 is 1.11 bits per heavy atom. The number of benzene rings is 2. The highest BCUT2D eigenvalue weighted by Gasteiger charge is 2.16. The summed E-state index contributed by atoms with van der Waals surface area (Å²) in [5.74, 6) is -0.813. The molecule has 0 saturated carbocycles. The van der Waals surface area contributed by atoms with Crippen molar-refractivity contribution in [2.24, 2.45) is 0 Å². The van der Waals surface area contributed by atoms with E-state index in [0.29, 0.717) is 28.1 Å². The molecule has 0 fully saturated rings. The molecule has 2 aromatic rings. The normalized spacial score (nSPS) is 11.0. The second-order valence-corrected chi connectivity index (χ2v) is 7.94. The van der Waals surface area contributed by atoms with Crippen LogP contribution >= 0.6 is 0 Å². The van der Waals surface area contributed by atoms with Crippen LogP contribution in [0.1, 0.15) is 33.2 Å². The Hall–Kier alpha value is -2.87. The van der Waals surface area contributed by atoms with Gasteiger partial charge in [-0.25, -0.2) is 13.2 Å². The van der Waals surface area contributed by atoms with Gasteiger partial charge in [-0.3, -0.25) is 9.10 Å². The first kappa shape index (κ1) is 20.4. The molecule has 1 amide bonds. The molecule has 0 heterocycles. The number of amides is 1. The van der Waals surface area contributed by atoms with E-state index in [2.05, 4.69) is 5.32 Å². The minimum Gasteiger partial charge on any atom is -0.462 e. The summed E-state index contributed by atoms with van der Waals surface area (Å²) in [6.45, 7) is 3.72. The van der Waals surface area contributed by atoms with Crippen molar-refractivity contribution in [2.45, 2.75) is 13.8 Å². The lowest BCUT2D eigenvalue weighted by Gasteiger charge is -2.17. The van der Waals surface area contributed by atoms with Gasteiger partial charge in [-0.2, -0.15) is 0 Å². The van der Waals surface area contributed by atoms with Gasteiger partial charge >= 0.3 is 5.97 Å². The zero-order valence-electron chi connectivity index (χ0n) is 15.6. The van der Waals surface area contributed by atoms with E-state index < -0.39 is 16.0 Å². The molecule has 0 bridgehead atoms. The van der Waals surface area contributed by atoms with Crippen LogP contribution in [0.5, 0.6) is 0 Å². The van der Waals surface area contributed by atoms with E-state index >= 15 is 0 Å². The molecule has 27 heavy (non-hydrogen) atoms. The van der Waals surface area contributed by atoms with Gasteiger partial charge in [-0.15, -0.1) is 0 Å². The highest BCUT2D eigenvalue weighted by molar-refractivity contribution is 7.92. The minimum absolute atomic E-state index is 0.267. The Morgan fingerprint density at radius 2 is 1.74 bits per heavy atom. The van der Waals surface area contributed by atoms with Gasteiger partial charge in [-0.05, 0) is 55.8 Å². The molecule has 1 N–H and O–H groups in total. The fourth-order valence-corrected chi connectivity index (χ4v) is 2.91. The lowest BCUT2D eigenvalue weighted by molar-refractivity contribution is 0.0525. The van der Waals surface area contributed by atoms with Crippen LogP contribution in [0.4, 0.5) is 11.4 Å². The molecular formula is C19H22N2O5S. The molecule has 0 unspecified atom stereocenters. The molecule has 0 spiro atoms. The summed E-state index contributed by atoms with van der Waals surface area (Å²) >= 11 is 0. The van der Waals surface area contributed by atoms with Crippen molar-refractivity contribution in [3.8, 4) is 0 Å². The molecule has 0 aromatic heterocycles. The fourth-order valence-electron chi connectivity index (χ4n) is 2.41. The maximum atomic E-state index is 12.5. The first-order chi connectivity index (χ1) is 12.6. The van der Waals surface area contributed by atoms with Crippen LogP contribution < -0.4 is 9.62 Å². The van der Waals surface area contributed by atoms with Crippen molar-refractivity contribution in [1.29, 1.82) is 0 Å². The predicted octanol–water partition coefficient (Wildman–Crippen LogP) is 2.82. The van der Waals surface area contributed by atoms with E-state index in [9.17, 15) is 18.0 Å². The first-order valence-corrected chi connectivity index (χ1v) is 10.1. The summed E-state index contributed by atoms with van der Waals surface area (Å²) < 4.78 is 29.3. The van der Waals surface area contributed by atoms with Crippen LogP contribution in [0.15, 0.2) is 42.5 Å². The van der Waals surface area contributed by atoms with Gasteiger partial charge < -0.3 is 10.1 Å². The molecule has 144 valence electrons. The van der Waals surface area contributed by atoms with E-state index in [0.717, 1.165) is 10.6 Å². The quantitative estimate of drug-likeness (QED) is 0.766. The summed E-state index contributed by atoms with van der Waals surface area (Å²) in [7, 11) is -1.93. The van der Waals surface area contributed by atoms with Crippen LogP contribution in [-0.2, 0) is 14.8 Å². The highest BCUT2D eigenvalue weighted by atomic mass is 32.2. The van der Waals surface area contributed by atoms with E-state index in [4.69, 9.17) is 4.74 Å². The van der Waals surface area contributed by atoms with Crippen molar-refractivity contribution >= 4 is 33.3 Å². The Bertz CT molecular complexity index is 953. The fraction of sp³-hybridized carbons (Fsp3) is 0.263. The van der Waals surface area contributed by atoms with E-state index in [1.807, 2.05) is 0 Å². The summed E-state index contributed by atoms with van der Waals surface area (Å²) in [5.41, 5.74) is 2.32. The number of sulfonamides is 1. The first-order valence-electron chi connectivity index (χ1n) is 8.27. The number of anilines is 2. The summed E-state index contributed by atoms with van der Waals surface area (Å²) in [4.78, 5) is 24.5. The van der Waals surface area contributed by atoms with Crippen LogP contribution in [-0.4, -0.2) is 40.2 Å². The molecule has 0 aliphatic carbocycles. The number of esters is 1. The Morgan fingerprint density at radius 3 is 2.30 bits per heavy atom. The predicted molar refractivity (Wildman–Crippen MR) is 105 cm³/mol. The number of carbonyl (C=O) groups is 2. The van der Waals surface area contributed by atoms with Crippen molar-refractivity contribution < 1.29 is 22.7 Å². The minimum atomic E-state index is -3.37. The lowest BCUT2D eigenvalue weighted by Crippen LogP contribution is -2.24. The second-order valence-electron chi connectivity index (χ2n) is 5.93. The van der Waals surface area contributed by atoms with Crippen LogP contribution in [0.2, 0.25) is 0 Å². The Balaban J connectivity index is 2.21. The van der Waals surface area contributed by atoms with Gasteiger partial charge in [-0.1, -0.05) is 6.07 Å². The maximum absolute atomic E-state index is 12.5. The molecule has 2 aromatic carbocycles. The SMILES string of the molecule is CCOC(=O)c1cccc(NC(=O)c2ccc(N(C)S(C)(=O)=O)cc2)c1C. The van der Waals surface area contributed by atoms with Crippen molar-refractivity contribution in [1.82, 2.24) is 0 Å².